The van der Waals surface area contributed by atoms with Gasteiger partial charge in [-0.05, 0) is 6.07 Å². The minimum Gasteiger partial charge on any atom is -0.378 e. The molecule has 0 aliphatic heterocycles. The summed E-state index contributed by atoms with van der Waals surface area (Å²) in [7, 11) is 1.75. The van der Waals surface area contributed by atoms with Gasteiger partial charge in [-0.1, -0.05) is 5.21 Å². The summed E-state index contributed by atoms with van der Waals surface area (Å²) in [5.41, 5.74) is 1.35. The Hall–Kier alpha value is -2.95. The third kappa shape index (κ3) is 2.84. The molecule has 8 nitrogen and oxygen atoms in total. The van der Waals surface area contributed by atoms with Gasteiger partial charge in [-0.25, -0.2) is 0 Å². The molecule has 0 aliphatic rings. The summed E-state index contributed by atoms with van der Waals surface area (Å²) in [5.74, 6) is 0. The van der Waals surface area contributed by atoms with Crippen molar-refractivity contribution in [1.82, 2.24) is 15.0 Å². The maximum atomic E-state index is 10.6. The molecule has 0 atom stereocenters. The molecule has 0 saturated carbocycles. The second-order valence-electron chi connectivity index (χ2n) is 3.84. The van der Waals surface area contributed by atoms with Gasteiger partial charge in [0.25, 0.3) is 5.69 Å². The molecule has 2 rings (SSSR count). The molecule has 1 aromatic heterocycles. The SMILES string of the molecule is Cn1cc(CNc2ccc([N+](=O)[O-])cc2C#N)nn1. The summed E-state index contributed by atoms with van der Waals surface area (Å²) >= 11 is 0. The standard InChI is InChI=1S/C11H10N6O2/c1-16-7-9(14-15-16)6-13-11-3-2-10(17(18)19)4-8(11)5-12/h2-4,7,13H,6H2,1H3. The highest BCUT2D eigenvalue weighted by atomic mass is 16.6. The van der Waals surface area contributed by atoms with Gasteiger partial charge in [-0.2, -0.15) is 5.26 Å². The summed E-state index contributed by atoms with van der Waals surface area (Å²) in [6.07, 6.45) is 1.74. The van der Waals surface area contributed by atoms with Crippen LogP contribution < -0.4 is 5.32 Å². The molecular weight excluding hydrogens is 248 g/mol. The van der Waals surface area contributed by atoms with Crippen LogP contribution in [0.4, 0.5) is 11.4 Å². The van der Waals surface area contributed by atoms with Gasteiger partial charge in [0, 0.05) is 25.4 Å². The fourth-order valence-electron chi connectivity index (χ4n) is 1.55. The summed E-state index contributed by atoms with van der Waals surface area (Å²) in [5, 5.41) is 30.3. The van der Waals surface area contributed by atoms with Crippen LogP contribution in [-0.4, -0.2) is 19.9 Å². The van der Waals surface area contributed by atoms with Gasteiger partial charge < -0.3 is 5.32 Å². The minimum absolute atomic E-state index is 0.110. The lowest BCUT2D eigenvalue weighted by Gasteiger charge is -2.05. The van der Waals surface area contributed by atoms with E-state index in [-0.39, 0.29) is 11.3 Å². The fourth-order valence-corrected chi connectivity index (χ4v) is 1.55. The number of nitro benzene ring substituents is 1. The first-order valence-electron chi connectivity index (χ1n) is 5.38. The average Bonchev–Trinajstić information content (AvgIpc) is 2.81. The van der Waals surface area contributed by atoms with Crippen LogP contribution >= 0.6 is 0 Å². The topological polar surface area (TPSA) is 110 Å². The molecule has 1 N–H and O–H groups in total. The zero-order chi connectivity index (χ0) is 13.8. The Balaban J connectivity index is 2.16. The average molecular weight is 258 g/mol. The van der Waals surface area contributed by atoms with Gasteiger partial charge in [0.2, 0.25) is 0 Å². The van der Waals surface area contributed by atoms with E-state index in [0.717, 1.165) is 0 Å². The molecule has 19 heavy (non-hydrogen) atoms. The maximum absolute atomic E-state index is 10.6. The van der Waals surface area contributed by atoms with E-state index in [0.29, 0.717) is 17.9 Å². The lowest BCUT2D eigenvalue weighted by molar-refractivity contribution is -0.384. The molecule has 0 unspecified atom stereocenters. The predicted octanol–water partition coefficient (Wildman–Crippen LogP) is 1.21. The molecule has 0 bridgehead atoms. The van der Waals surface area contributed by atoms with E-state index in [1.54, 1.807) is 17.9 Å². The number of nitrogens with zero attached hydrogens (tertiary/aromatic N) is 5. The minimum atomic E-state index is -0.534. The highest BCUT2D eigenvalue weighted by Gasteiger charge is 2.10. The van der Waals surface area contributed by atoms with Crippen molar-refractivity contribution >= 4 is 11.4 Å². The van der Waals surface area contributed by atoms with Crippen LogP contribution in [0.1, 0.15) is 11.3 Å². The predicted molar refractivity (Wildman–Crippen MR) is 66.1 cm³/mol. The molecule has 0 amide bonds. The maximum Gasteiger partial charge on any atom is 0.270 e. The summed E-state index contributed by atoms with van der Waals surface area (Å²) in [4.78, 5) is 10.1. The Morgan fingerprint density at radius 3 is 2.95 bits per heavy atom. The Kier molecular flexibility index (Phi) is 3.38. The summed E-state index contributed by atoms with van der Waals surface area (Å²) in [6.45, 7) is 0.389. The van der Waals surface area contributed by atoms with Gasteiger partial charge in [-0.3, -0.25) is 14.8 Å². The smallest absolute Gasteiger partial charge is 0.270 e. The van der Waals surface area contributed by atoms with E-state index < -0.39 is 4.92 Å². The number of aryl methyl sites for hydroxylation is 1. The van der Waals surface area contributed by atoms with Gasteiger partial charge in [0.15, 0.2) is 0 Å². The van der Waals surface area contributed by atoms with Crippen LogP contribution in [0.5, 0.6) is 0 Å². The number of rotatable bonds is 4. The molecule has 0 radical (unpaired) electrons. The number of hydrogen-bond acceptors (Lipinski definition) is 6. The van der Waals surface area contributed by atoms with E-state index in [1.807, 2.05) is 6.07 Å². The molecule has 0 aliphatic carbocycles. The lowest BCUT2D eigenvalue weighted by Crippen LogP contribution is -2.02. The van der Waals surface area contributed by atoms with Gasteiger partial charge in [0.1, 0.15) is 11.8 Å². The third-order valence-electron chi connectivity index (χ3n) is 2.44. The molecular formula is C11H10N6O2. The first kappa shape index (κ1) is 12.5. The number of nitriles is 1. The quantitative estimate of drug-likeness (QED) is 0.651. The molecule has 8 heteroatoms. The Bertz CT molecular complexity index is 657. The van der Waals surface area contributed by atoms with Crippen molar-refractivity contribution in [2.24, 2.45) is 7.05 Å². The second kappa shape index (κ2) is 5.14. The van der Waals surface area contributed by atoms with Crippen molar-refractivity contribution in [3.8, 4) is 6.07 Å². The number of nitro groups is 1. The fraction of sp³-hybridized carbons (Fsp3) is 0.182. The molecule has 0 spiro atoms. The summed E-state index contributed by atoms with van der Waals surface area (Å²) < 4.78 is 1.57. The normalized spacial score (nSPS) is 9.89. The van der Waals surface area contributed by atoms with Crippen LogP contribution in [0.2, 0.25) is 0 Å². The number of anilines is 1. The van der Waals surface area contributed by atoms with E-state index in [4.69, 9.17) is 5.26 Å². The monoisotopic (exact) mass is 258 g/mol. The number of hydrogen-bond donors (Lipinski definition) is 1. The van der Waals surface area contributed by atoms with Crippen molar-refractivity contribution < 1.29 is 4.92 Å². The molecule has 1 heterocycles. The molecule has 0 fully saturated rings. The van der Waals surface area contributed by atoms with Gasteiger partial charge in [0.05, 0.1) is 22.7 Å². The van der Waals surface area contributed by atoms with E-state index >= 15 is 0 Å². The summed E-state index contributed by atoms with van der Waals surface area (Å²) in [6, 6.07) is 6.01. The van der Waals surface area contributed by atoms with Crippen LogP contribution in [-0.2, 0) is 13.6 Å². The molecule has 96 valence electrons. The third-order valence-corrected chi connectivity index (χ3v) is 2.44. The first-order valence-corrected chi connectivity index (χ1v) is 5.38. The van der Waals surface area contributed by atoms with Crippen LogP contribution in [0.25, 0.3) is 0 Å². The van der Waals surface area contributed by atoms with Crippen molar-refractivity contribution in [3.63, 3.8) is 0 Å². The first-order chi connectivity index (χ1) is 9.10. The zero-order valence-corrected chi connectivity index (χ0v) is 10.1. The number of benzene rings is 1. The molecule has 0 saturated heterocycles. The Morgan fingerprint density at radius 1 is 1.58 bits per heavy atom. The largest absolute Gasteiger partial charge is 0.378 e. The highest BCUT2D eigenvalue weighted by molar-refractivity contribution is 5.61. The van der Waals surface area contributed by atoms with Crippen molar-refractivity contribution in [1.29, 1.82) is 5.26 Å². The van der Waals surface area contributed by atoms with E-state index in [2.05, 4.69) is 15.6 Å². The molecule has 2 aromatic rings. The Morgan fingerprint density at radius 2 is 2.37 bits per heavy atom. The van der Waals surface area contributed by atoms with Crippen molar-refractivity contribution in [2.45, 2.75) is 6.54 Å². The Labute approximate surface area is 108 Å². The number of non-ortho nitro benzene ring substituents is 1. The van der Waals surface area contributed by atoms with Crippen LogP contribution in [0.15, 0.2) is 24.4 Å². The lowest BCUT2D eigenvalue weighted by atomic mass is 10.1. The van der Waals surface area contributed by atoms with Crippen LogP contribution in [0, 0.1) is 21.4 Å². The van der Waals surface area contributed by atoms with Crippen molar-refractivity contribution in [2.75, 3.05) is 5.32 Å². The highest BCUT2D eigenvalue weighted by Crippen LogP contribution is 2.21. The van der Waals surface area contributed by atoms with Crippen LogP contribution in [0.3, 0.4) is 0 Å². The van der Waals surface area contributed by atoms with Gasteiger partial charge >= 0.3 is 0 Å². The van der Waals surface area contributed by atoms with Crippen molar-refractivity contribution in [3.05, 3.63) is 45.8 Å². The van der Waals surface area contributed by atoms with Gasteiger partial charge in [-0.15, -0.1) is 5.10 Å². The molecule has 1 aromatic carbocycles. The van der Waals surface area contributed by atoms with E-state index in [1.165, 1.54) is 18.2 Å². The zero-order valence-electron chi connectivity index (χ0n) is 10.1. The number of nitrogens with one attached hydrogen (secondary N) is 1. The number of aromatic nitrogens is 3. The second-order valence-corrected chi connectivity index (χ2v) is 3.84. The van der Waals surface area contributed by atoms with E-state index in [9.17, 15) is 10.1 Å².